The summed E-state index contributed by atoms with van der Waals surface area (Å²) < 4.78 is 5.19. The topological polar surface area (TPSA) is 104 Å². The van der Waals surface area contributed by atoms with E-state index in [0.717, 1.165) is 4.57 Å². The van der Waals surface area contributed by atoms with Gasteiger partial charge < -0.3 is 5.11 Å². The second-order valence-electron chi connectivity index (χ2n) is 7.87. The van der Waals surface area contributed by atoms with E-state index in [4.69, 9.17) is 0 Å². The van der Waals surface area contributed by atoms with Crippen LogP contribution in [-0.2, 0) is 19.5 Å². The standard InChI is InChI=1S/C22H25N5O4/c1-5-24-17-16(20(30)25(6-2)22(24)31)27-19(29)15(12-13(3)4)18(28)26(21(27)23-17)14-10-8-7-9-11-14/h7-11,13,29H,5-6,12H2,1-4H3. The summed E-state index contributed by atoms with van der Waals surface area (Å²) in [7, 11) is 0. The van der Waals surface area contributed by atoms with Gasteiger partial charge in [0.2, 0.25) is 11.7 Å². The molecule has 1 aromatic carbocycles. The van der Waals surface area contributed by atoms with Crippen molar-refractivity contribution in [2.75, 3.05) is 0 Å². The molecular weight excluding hydrogens is 398 g/mol. The van der Waals surface area contributed by atoms with Gasteiger partial charge in [-0.05, 0) is 38.3 Å². The molecular formula is C22H25N5O4. The van der Waals surface area contributed by atoms with Crippen molar-refractivity contribution in [1.82, 2.24) is 23.1 Å². The maximum atomic E-state index is 13.4. The van der Waals surface area contributed by atoms with Crippen LogP contribution in [0.15, 0.2) is 44.7 Å². The number of hydrogen-bond donors (Lipinski definition) is 1. The molecule has 9 nitrogen and oxygen atoms in total. The van der Waals surface area contributed by atoms with E-state index in [1.807, 2.05) is 19.9 Å². The number of fused-ring (bicyclic) bond motifs is 3. The number of hydrogen-bond acceptors (Lipinski definition) is 5. The van der Waals surface area contributed by atoms with Gasteiger partial charge in [-0.1, -0.05) is 32.0 Å². The fourth-order valence-electron chi connectivity index (χ4n) is 4.00. The van der Waals surface area contributed by atoms with Crippen molar-refractivity contribution in [3.63, 3.8) is 0 Å². The highest BCUT2D eigenvalue weighted by Crippen LogP contribution is 2.25. The molecule has 0 aliphatic rings. The highest BCUT2D eigenvalue weighted by Gasteiger charge is 2.25. The van der Waals surface area contributed by atoms with E-state index >= 15 is 0 Å². The summed E-state index contributed by atoms with van der Waals surface area (Å²) in [5.41, 5.74) is -0.457. The van der Waals surface area contributed by atoms with Crippen LogP contribution in [0.25, 0.3) is 22.6 Å². The first kappa shape index (κ1) is 20.6. The number of benzene rings is 1. The summed E-state index contributed by atoms with van der Waals surface area (Å²) in [5, 5.41) is 11.1. The predicted octanol–water partition coefficient (Wildman–Crippen LogP) is 1.91. The first-order valence-corrected chi connectivity index (χ1v) is 10.4. The van der Waals surface area contributed by atoms with Crippen LogP contribution in [0, 0.1) is 5.92 Å². The Morgan fingerprint density at radius 3 is 2.19 bits per heavy atom. The van der Waals surface area contributed by atoms with Crippen LogP contribution < -0.4 is 16.8 Å². The van der Waals surface area contributed by atoms with E-state index < -0.39 is 16.8 Å². The van der Waals surface area contributed by atoms with Crippen LogP contribution in [0.3, 0.4) is 0 Å². The van der Waals surface area contributed by atoms with Crippen molar-refractivity contribution in [3.8, 4) is 11.6 Å². The first-order chi connectivity index (χ1) is 14.8. The summed E-state index contributed by atoms with van der Waals surface area (Å²) in [6.07, 6.45) is 0.322. The number of imidazole rings is 1. The Hall–Kier alpha value is -3.62. The molecule has 3 heterocycles. The van der Waals surface area contributed by atoms with Crippen molar-refractivity contribution in [2.45, 2.75) is 47.2 Å². The maximum Gasteiger partial charge on any atom is 0.332 e. The molecule has 0 amide bonds. The van der Waals surface area contributed by atoms with Gasteiger partial charge in [-0.15, -0.1) is 0 Å². The molecule has 0 bridgehead atoms. The van der Waals surface area contributed by atoms with Gasteiger partial charge in [0, 0.05) is 13.1 Å². The highest BCUT2D eigenvalue weighted by molar-refractivity contribution is 5.77. The SMILES string of the molecule is CCn1c(=O)c2c(nc3n(-c4ccccc4)c(=O)c(CC(C)C)c(O)n23)n(CC)c1=O. The third kappa shape index (κ3) is 2.99. The Kier molecular flexibility index (Phi) is 5.04. The molecule has 0 aliphatic carbocycles. The van der Waals surface area contributed by atoms with Crippen LogP contribution >= 0.6 is 0 Å². The second kappa shape index (κ2) is 7.57. The predicted molar refractivity (Wildman–Crippen MR) is 118 cm³/mol. The minimum absolute atomic E-state index is 0.0745. The van der Waals surface area contributed by atoms with Gasteiger partial charge in [-0.25, -0.2) is 13.8 Å². The molecule has 31 heavy (non-hydrogen) atoms. The summed E-state index contributed by atoms with van der Waals surface area (Å²) in [5.74, 6) is -0.135. The summed E-state index contributed by atoms with van der Waals surface area (Å²) in [6.45, 7) is 7.85. The maximum absolute atomic E-state index is 13.4. The molecule has 3 aromatic heterocycles. The van der Waals surface area contributed by atoms with E-state index in [0.29, 0.717) is 12.1 Å². The minimum Gasteiger partial charge on any atom is -0.494 e. The largest absolute Gasteiger partial charge is 0.494 e. The highest BCUT2D eigenvalue weighted by atomic mass is 16.3. The number of aromatic nitrogens is 5. The molecule has 9 heteroatoms. The fraction of sp³-hybridized carbons (Fsp3) is 0.364. The average molecular weight is 423 g/mol. The molecule has 0 aliphatic heterocycles. The summed E-state index contributed by atoms with van der Waals surface area (Å²) in [4.78, 5) is 44.0. The van der Waals surface area contributed by atoms with Gasteiger partial charge in [-0.2, -0.15) is 4.98 Å². The Bertz CT molecular complexity index is 1470. The zero-order valence-electron chi connectivity index (χ0n) is 18.0. The van der Waals surface area contributed by atoms with E-state index in [2.05, 4.69) is 4.98 Å². The quantitative estimate of drug-likeness (QED) is 0.528. The van der Waals surface area contributed by atoms with Gasteiger partial charge >= 0.3 is 5.69 Å². The van der Waals surface area contributed by atoms with Crippen LogP contribution in [0.4, 0.5) is 0 Å². The Morgan fingerprint density at radius 2 is 1.61 bits per heavy atom. The van der Waals surface area contributed by atoms with Crippen LogP contribution in [0.1, 0.15) is 33.3 Å². The first-order valence-electron chi connectivity index (χ1n) is 10.4. The molecule has 4 aromatic rings. The molecule has 0 saturated heterocycles. The average Bonchev–Trinajstić information content (AvgIpc) is 3.13. The van der Waals surface area contributed by atoms with Crippen molar-refractivity contribution < 1.29 is 5.11 Å². The monoisotopic (exact) mass is 423 g/mol. The fourth-order valence-corrected chi connectivity index (χ4v) is 4.00. The lowest BCUT2D eigenvalue weighted by atomic mass is 10.1. The molecule has 0 spiro atoms. The molecule has 1 N–H and O–H groups in total. The second-order valence-corrected chi connectivity index (χ2v) is 7.87. The molecule has 0 saturated carbocycles. The van der Waals surface area contributed by atoms with Gasteiger partial charge in [-0.3, -0.25) is 18.7 Å². The van der Waals surface area contributed by atoms with Crippen molar-refractivity contribution in [3.05, 3.63) is 67.1 Å². The van der Waals surface area contributed by atoms with Crippen LogP contribution in [0.5, 0.6) is 5.88 Å². The molecule has 0 radical (unpaired) electrons. The smallest absolute Gasteiger partial charge is 0.332 e. The number of para-hydroxylation sites is 1. The van der Waals surface area contributed by atoms with E-state index in [9.17, 15) is 19.5 Å². The zero-order valence-corrected chi connectivity index (χ0v) is 18.0. The van der Waals surface area contributed by atoms with E-state index in [-0.39, 0.29) is 47.4 Å². The number of aromatic hydroxyl groups is 1. The van der Waals surface area contributed by atoms with Crippen molar-refractivity contribution in [1.29, 1.82) is 0 Å². The number of rotatable bonds is 5. The molecule has 4 rings (SSSR count). The van der Waals surface area contributed by atoms with Crippen LogP contribution in [0.2, 0.25) is 0 Å². The van der Waals surface area contributed by atoms with Gasteiger partial charge in [0.25, 0.3) is 11.1 Å². The van der Waals surface area contributed by atoms with Crippen LogP contribution in [-0.4, -0.2) is 28.2 Å². The third-order valence-corrected chi connectivity index (χ3v) is 5.41. The van der Waals surface area contributed by atoms with E-state index in [1.54, 1.807) is 38.1 Å². The lowest BCUT2D eigenvalue weighted by Gasteiger charge is -2.14. The lowest BCUT2D eigenvalue weighted by molar-refractivity contribution is 0.430. The summed E-state index contributed by atoms with van der Waals surface area (Å²) in [6, 6.07) is 8.93. The molecule has 162 valence electrons. The van der Waals surface area contributed by atoms with Gasteiger partial charge in [0.1, 0.15) is 0 Å². The Labute approximate surface area is 177 Å². The molecule has 0 unspecified atom stereocenters. The Balaban J connectivity index is 2.34. The van der Waals surface area contributed by atoms with Gasteiger partial charge in [0.15, 0.2) is 11.2 Å². The minimum atomic E-state index is -0.552. The molecule has 0 atom stereocenters. The van der Waals surface area contributed by atoms with E-state index in [1.165, 1.54) is 13.5 Å². The number of nitrogens with zero attached hydrogens (tertiary/aromatic N) is 5. The van der Waals surface area contributed by atoms with Crippen molar-refractivity contribution in [2.24, 2.45) is 5.92 Å². The normalized spacial score (nSPS) is 11.8. The Morgan fingerprint density at radius 1 is 0.968 bits per heavy atom. The van der Waals surface area contributed by atoms with Crippen molar-refractivity contribution >= 4 is 16.9 Å². The molecule has 0 fully saturated rings. The third-order valence-electron chi connectivity index (χ3n) is 5.41. The summed E-state index contributed by atoms with van der Waals surface area (Å²) >= 11 is 0. The van der Waals surface area contributed by atoms with Gasteiger partial charge in [0.05, 0.1) is 11.3 Å². The lowest BCUT2D eigenvalue weighted by Crippen LogP contribution is -2.39. The number of aryl methyl sites for hydroxylation is 1. The zero-order chi connectivity index (χ0) is 22.4.